The van der Waals surface area contributed by atoms with Crippen LogP contribution in [0.1, 0.15) is 36.6 Å². The number of pyridine rings is 1. The van der Waals surface area contributed by atoms with E-state index in [9.17, 15) is 4.79 Å². The fourth-order valence-electron chi connectivity index (χ4n) is 3.37. The zero-order valence-corrected chi connectivity index (χ0v) is 17.1. The van der Waals surface area contributed by atoms with Gasteiger partial charge in [-0.05, 0) is 56.1 Å². The van der Waals surface area contributed by atoms with Crippen molar-refractivity contribution in [3.05, 3.63) is 77.6 Å². The molecule has 1 atom stereocenters. The second kappa shape index (κ2) is 9.09. The Morgan fingerprint density at radius 3 is 2.39 bits per heavy atom. The van der Waals surface area contributed by atoms with Crippen LogP contribution in [0.4, 0.5) is 0 Å². The average Bonchev–Trinajstić information content (AvgIpc) is 2.67. The number of carbonyl (C=O) groups excluding carboxylic acids is 1. The van der Waals surface area contributed by atoms with Gasteiger partial charge in [-0.15, -0.1) is 0 Å². The molecule has 0 fully saturated rings. The Morgan fingerprint density at radius 2 is 1.71 bits per heavy atom. The Labute approximate surface area is 167 Å². The first-order chi connectivity index (χ1) is 13.4. The zero-order valence-electron chi connectivity index (χ0n) is 17.1. The van der Waals surface area contributed by atoms with Crippen molar-refractivity contribution in [3.8, 4) is 0 Å². The lowest BCUT2D eigenvalue weighted by atomic mass is 9.95. The highest BCUT2D eigenvalue weighted by Gasteiger charge is 2.23. The number of hydrogen-bond donors (Lipinski definition) is 0. The molecule has 1 unspecified atom stereocenters. The van der Waals surface area contributed by atoms with Crippen LogP contribution in [-0.4, -0.2) is 35.9 Å². The highest BCUT2D eigenvalue weighted by molar-refractivity contribution is 5.89. The monoisotopic (exact) mass is 376 g/mol. The number of ether oxygens (including phenoxy) is 1. The smallest absolute Gasteiger partial charge is 0.158 e. The molecule has 4 nitrogen and oxygen atoms in total. The number of rotatable bonds is 8. The van der Waals surface area contributed by atoms with Crippen LogP contribution in [0.2, 0.25) is 0 Å². The van der Waals surface area contributed by atoms with E-state index in [4.69, 9.17) is 4.74 Å². The van der Waals surface area contributed by atoms with E-state index in [1.165, 1.54) is 0 Å². The first-order valence-electron chi connectivity index (χ1n) is 9.66. The number of hydrogen-bond acceptors (Lipinski definition) is 4. The summed E-state index contributed by atoms with van der Waals surface area (Å²) in [5.74, 6) is 0.185. The van der Waals surface area contributed by atoms with E-state index in [1.807, 2.05) is 81.5 Å². The minimum absolute atomic E-state index is 0.185. The minimum atomic E-state index is -0.270. The lowest BCUT2D eigenvalue weighted by Crippen LogP contribution is -2.29. The predicted octanol–water partition coefficient (Wildman–Crippen LogP) is 4.57. The van der Waals surface area contributed by atoms with E-state index < -0.39 is 0 Å². The van der Waals surface area contributed by atoms with E-state index in [-0.39, 0.29) is 17.9 Å². The summed E-state index contributed by atoms with van der Waals surface area (Å²) in [6, 6.07) is 16.0. The molecule has 0 radical (unpaired) electrons. The summed E-state index contributed by atoms with van der Waals surface area (Å²) < 4.78 is 5.66. The summed E-state index contributed by atoms with van der Waals surface area (Å²) in [5.41, 5.74) is 3.15. The highest BCUT2D eigenvalue weighted by Crippen LogP contribution is 2.23. The van der Waals surface area contributed by atoms with Gasteiger partial charge < -0.3 is 4.74 Å². The largest absolute Gasteiger partial charge is 0.374 e. The molecular weight excluding hydrogens is 348 g/mol. The van der Waals surface area contributed by atoms with Gasteiger partial charge in [-0.25, -0.2) is 0 Å². The summed E-state index contributed by atoms with van der Waals surface area (Å²) in [6.45, 7) is 4.64. The molecule has 0 aliphatic heterocycles. The molecule has 2 aromatic carbocycles. The molecule has 0 aliphatic rings. The summed E-state index contributed by atoms with van der Waals surface area (Å²) in [7, 11) is 3.90. The van der Waals surface area contributed by atoms with Crippen molar-refractivity contribution in [2.24, 2.45) is 0 Å². The first-order valence-corrected chi connectivity index (χ1v) is 9.66. The number of benzene rings is 2. The standard InChI is InChI=1S/C24H28N2O2/c1-17(2)28-16-18-5-8-20(9-6-18)24(26(3)4)23(27)14-19-7-10-22-15-25-12-11-21(22)13-19/h5-13,15,17,24H,14,16H2,1-4H3. The van der Waals surface area contributed by atoms with Crippen LogP contribution < -0.4 is 0 Å². The third-order valence-corrected chi connectivity index (χ3v) is 4.78. The number of likely N-dealkylation sites (N-methyl/N-ethyl adjacent to an activating group) is 1. The molecule has 0 spiro atoms. The van der Waals surface area contributed by atoms with Crippen molar-refractivity contribution >= 4 is 16.6 Å². The van der Waals surface area contributed by atoms with Gasteiger partial charge in [-0.3, -0.25) is 14.7 Å². The van der Waals surface area contributed by atoms with Gasteiger partial charge in [0.2, 0.25) is 0 Å². The third-order valence-electron chi connectivity index (χ3n) is 4.78. The zero-order chi connectivity index (χ0) is 20.1. The number of Topliss-reactive ketones (excluding diaryl/α,β-unsaturated/α-hetero) is 1. The molecule has 4 heteroatoms. The predicted molar refractivity (Wildman–Crippen MR) is 113 cm³/mol. The average molecular weight is 377 g/mol. The first kappa shape index (κ1) is 20.2. The van der Waals surface area contributed by atoms with E-state index in [0.717, 1.165) is 27.5 Å². The van der Waals surface area contributed by atoms with E-state index in [0.29, 0.717) is 13.0 Å². The molecule has 0 N–H and O–H groups in total. The van der Waals surface area contributed by atoms with Crippen molar-refractivity contribution in [2.45, 2.75) is 39.0 Å². The van der Waals surface area contributed by atoms with Gasteiger partial charge >= 0.3 is 0 Å². The number of fused-ring (bicyclic) bond motifs is 1. The van der Waals surface area contributed by atoms with Gasteiger partial charge in [0.15, 0.2) is 5.78 Å². The molecule has 0 saturated carbocycles. The molecule has 28 heavy (non-hydrogen) atoms. The fourth-order valence-corrected chi connectivity index (χ4v) is 3.37. The molecule has 0 amide bonds. The van der Waals surface area contributed by atoms with Gasteiger partial charge in [-0.2, -0.15) is 0 Å². The maximum absolute atomic E-state index is 13.1. The summed E-state index contributed by atoms with van der Waals surface area (Å²) in [4.78, 5) is 19.2. The van der Waals surface area contributed by atoms with Crippen molar-refractivity contribution in [2.75, 3.05) is 14.1 Å². The van der Waals surface area contributed by atoms with Crippen LogP contribution in [-0.2, 0) is 22.6 Å². The Kier molecular flexibility index (Phi) is 6.55. The summed E-state index contributed by atoms with van der Waals surface area (Å²) >= 11 is 0. The van der Waals surface area contributed by atoms with Crippen LogP contribution in [0, 0.1) is 0 Å². The van der Waals surface area contributed by atoms with Crippen LogP contribution >= 0.6 is 0 Å². The van der Waals surface area contributed by atoms with Crippen molar-refractivity contribution < 1.29 is 9.53 Å². The molecule has 1 heterocycles. The van der Waals surface area contributed by atoms with Gasteiger partial charge in [-0.1, -0.05) is 42.5 Å². The molecule has 3 rings (SSSR count). The third kappa shape index (κ3) is 5.03. The second-order valence-electron chi connectivity index (χ2n) is 7.67. The van der Waals surface area contributed by atoms with Crippen LogP contribution in [0.25, 0.3) is 10.8 Å². The van der Waals surface area contributed by atoms with Crippen molar-refractivity contribution in [1.82, 2.24) is 9.88 Å². The number of aromatic nitrogens is 1. The molecule has 0 saturated heterocycles. The fraction of sp³-hybridized carbons (Fsp3) is 0.333. The maximum Gasteiger partial charge on any atom is 0.158 e. The SMILES string of the molecule is CC(C)OCc1ccc(C(C(=O)Cc2ccc3cnccc3c2)N(C)C)cc1. The molecule has 3 aromatic rings. The van der Waals surface area contributed by atoms with Crippen LogP contribution in [0.5, 0.6) is 0 Å². The Bertz CT molecular complexity index is 933. The van der Waals surface area contributed by atoms with Crippen LogP contribution in [0.3, 0.4) is 0 Å². The lowest BCUT2D eigenvalue weighted by molar-refractivity contribution is -0.123. The quantitative estimate of drug-likeness (QED) is 0.577. The number of ketones is 1. The maximum atomic E-state index is 13.1. The van der Waals surface area contributed by atoms with Gasteiger partial charge in [0.25, 0.3) is 0 Å². The summed E-state index contributed by atoms with van der Waals surface area (Å²) in [5, 5.41) is 2.19. The van der Waals surface area contributed by atoms with Crippen LogP contribution in [0.15, 0.2) is 60.9 Å². The second-order valence-corrected chi connectivity index (χ2v) is 7.67. The Hall–Kier alpha value is -2.56. The van der Waals surface area contributed by atoms with E-state index in [2.05, 4.69) is 11.1 Å². The van der Waals surface area contributed by atoms with E-state index >= 15 is 0 Å². The molecule has 146 valence electrons. The van der Waals surface area contributed by atoms with Gasteiger partial charge in [0.1, 0.15) is 0 Å². The Morgan fingerprint density at radius 1 is 1.00 bits per heavy atom. The number of nitrogens with zero attached hydrogens (tertiary/aromatic N) is 2. The lowest BCUT2D eigenvalue weighted by Gasteiger charge is -2.24. The van der Waals surface area contributed by atoms with Crippen molar-refractivity contribution in [1.29, 1.82) is 0 Å². The Balaban J connectivity index is 1.76. The summed E-state index contributed by atoms with van der Waals surface area (Å²) in [6.07, 6.45) is 4.22. The molecule has 0 bridgehead atoms. The molecule has 1 aromatic heterocycles. The van der Waals surface area contributed by atoms with E-state index in [1.54, 1.807) is 6.20 Å². The van der Waals surface area contributed by atoms with Crippen molar-refractivity contribution in [3.63, 3.8) is 0 Å². The normalized spacial score (nSPS) is 12.6. The topological polar surface area (TPSA) is 42.4 Å². The molecule has 0 aliphatic carbocycles. The molecular formula is C24H28N2O2. The van der Waals surface area contributed by atoms with Gasteiger partial charge in [0.05, 0.1) is 18.8 Å². The highest BCUT2D eigenvalue weighted by atomic mass is 16.5. The minimum Gasteiger partial charge on any atom is -0.374 e. The van der Waals surface area contributed by atoms with Gasteiger partial charge in [0, 0.05) is 24.2 Å². The number of carbonyl (C=O) groups is 1.